The second-order valence-electron chi connectivity index (χ2n) is 4.39. The quantitative estimate of drug-likeness (QED) is 0.700. The number of fused-ring (bicyclic) bond motifs is 1. The van der Waals surface area contributed by atoms with Gasteiger partial charge in [0.05, 0.1) is 0 Å². The van der Waals surface area contributed by atoms with Gasteiger partial charge in [0, 0.05) is 25.4 Å². The Balaban J connectivity index is 1.98. The first-order valence-electron chi connectivity index (χ1n) is 6.15. The van der Waals surface area contributed by atoms with Crippen LogP contribution in [-0.2, 0) is 11.2 Å². The van der Waals surface area contributed by atoms with Crippen LogP contribution in [0.5, 0.6) is 0 Å². The minimum Gasteiger partial charge on any atom is -0.476 e. The monoisotopic (exact) mass is 288 g/mol. The van der Waals surface area contributed by atoms with E-state index in [0.29, 0.717) is 17.9 Å². The third-order valence-corrected chi connectivity index (χ3v) is 3.14. The highest BCUT2D eigenvalue weighted by Gasteiger charge is 2.18. The first kappa shape index (κ1) is 13.2. The Morgan fingerprint density at radius 1 is 1.52 bits per heavy atom. The lowest BCUT2D eigenvalue weighted by Crippen LogP contribution is -2.10. The molecular weight excluding hydrogens is 276 g/mol. The summed E-state index contributed by atoms with van der Waals surface area (Å²) in [4.78, 5) is 15.1. The van der Waals surface area contributed by atoms with Gasteiger partial charge in [-0.15, -0.1) is 5.10 Å². The Labute approximate surface area is 118 Å². The number of carboxylic acid groups (broad SMARTS) is 1. The van der Waals surface area contributed by atoms with Crippen LogP contribution in [0.4, 0.5) is 0 Å². The molecule has 0 aliphatic heterocycles. The van der Waals surface area contributed by atoms with Gasteiger partial charge in [0.15, 0.2) is 11.5 Å². The number of aromatic amines is 1. The molecule has 0 saturated heterocycles. The smallest absolute Gasteiger partial charge is 0.356 e. The number of nitrogens with one attached hydrogen (secondary N) is 1. The standard InChI is InChI=1S/C12H12N6O3/c1-21-9(11-14-16-17-15-11)5-7-3-2-4-10-13-8(12(19)20)6-18(7)10/h2-4,6,9H,5H2,1H3,(H,19,20)(H,14,15,16,17). The molecule has 0 fully saturated rings. The summed E-state index contributed by atoms with van der Waals surface area (Å²) in [5, 5.41) is 22.6. The second kappa shape index (κ2) is 5.29. The molecule has 0 aliphatic rings. The maximum atomic E-state index is 11.0. The average molecular weight is 288 g/mol. The number of hydrogen-bond acceptors (Lipinski definition) is 6. The van der Waals surface area contributed by atoms with Crippen molar-refractivity contribution >= 4 is 11.6 Å². The molecule has 0 radical (unpaired) electrons. The van der Waals surface area contributed by atoms with E-state index in [1.165, 1.54) is 6.20 Å². The highest BCUT2D eigenvalue weighted by molar-refractivity contribution is 5.86. The molecule has 0 bridgehead atoms. The molecule has 9 heteroatoms. The summed E-state index contributed by atoms with van der Waals surface area (Å²) >= 11 is 0. The normalized spacial score (nSPS) is 12.6. The van der Waals surface area contributed by atoms with Gasteiger partial charge in [-0.25, -0.2) is 14.9 Å². The van der Waals surface area contributed by atoms with Crippen molar-refractivity contribution in [2.75, 3.05) is 7.11 Å². The highest BCUT2D eigenvalue weighted by Crippen LogP contribution is 2.19. The summed E-state index contributed by atoms with van der Waals surface area (Å²) < 4.78 is 7.10. The SMILES string of the molecule is COC(Cc1cccc2nc(C(=O)O)cn12)c1nnn[nH]1. The molecule has 3 aromatic heterocycles. The first-order valence-corrected chi connectivity index (χ1v) is 6.15. The zero-order valence-corrected chi connectivity index (χ0v) is 11.1. The lowest BCUT2D eigenvalue weighted by molar-refractivity contribution is 0.0691. The topological polar surface area (TPSA) is 118 Å². The Bertz CT molecular complexity index is 766. The number of aromatic carboxylic acids is 1. The van der Waals surface area contributed by atoms with Gasteiger partial charge < -0.3 is 14.2 Å². The number of carboxylic acids is 1. The molecule has 108 valence electrons. The largest absolute Gasteiger partial charge is 0.476 e. The number of ether oxygens (including phenoxy) is 1. The molecule has 3 rings (SSSR count). The Morgan fingerprint density at radius 3 is 3.05 bits per heavy atom. The number of nitrogens with zero attached hydrogens (tertiary/aromatic N) is 5. The Hall–Kier alpha value is -2.81. The Kier molecular flexibility index (Phi) is 3.32. The Morgan fingerprint density at radius 2 is 2.38 bits per heavy atom. The number of pyridine rings is 1. The lowest BCUT2D eigenvalue weighted by atomic mass is 10.1. The van der Waals surface area contributed by atoms with E-state index in [9.17, 15) is 4.79 Å². The zero-order valence-electron chi connectivity index (χ0n) is 11.1. The number of tetrazole rings is 1. The third-order valence-electron chi connectivity index (χ3n) is 3.14. The van der Waals surface area contributed by atoms with Crippen LogP contribution in [0.3, 0.4) is 0 Å². The third kappa shape index (κ3) is 2.46. The van der Waals surface area contributed by atoms with Gasteiger partial charge in [-0.05, 0) is 22.6 Å². The van der Waals surface area contributed by atoms with Crippen LogP contribution in [0.25, 0.3) is 5.65 Å². The van der Waals surface area contributed by atoms with Crippen molar-refractivity contribution in [2.45, 2.75) is 12.5 Å². The maximum Gasteiger partial charge on any atom is 0.356 e. The van der Waals surface area contributed by atoms with Gasteiger partial charge in [0.2, 0.25) is 0 Å². The molecule has 21 heavy (non-hydrogen) atoms. The molecule has 0 aromatic carbocycles. The molecule has 2 N–H and O–H groups in total. The molecule has 1 unspecified atom stereocenters. The van der Waals surface area contributed by atoms with Gasteiger partial charge in [-0.3, -0.25) is 0 Å². The summed E-state index contributed by atoms with van der Waals surface area (Å²) in [5.41, 5.74) is 1.41. The lowest BCUT2D eigenvalue weighted by Gasteiger charge is -2.12. The van der Waals surface area contributed by atoms with Crippen molar-refractivity contribution in [2.24, 2.45) is 0 Å². The van der Waals surface area contributed by atoms with Crippen LogP contribution in [0.2, 0.25) is 0 Å². The van der Waals surface area contributed by atoms with Crippen molar-refractivity contribution in [1.29, 1.82) is 0 Å². The maximum absolute atomic E-state index is 11.0. The van der Waals surface area contributed by atoms with E-state index in [-0.39, 0.29) is 11.8 Å². The molecule has 9 nitrogen and oxygen atoms in total. The minimum absolute atomic E-state index is 0.00208. The van der Waals surface area contributed by atoms with Crippen molar-refractivity contribution in [1.82, 2.24) is 30.0 Å². The average Bonchev–Trinajstić information content (AvgIpc) is 3.13. The number of rotatable bonds is 5. The van der Waals surface area contributed by atoms with Crippen molar-refractivity contribution < 1.29 is 14.6 Å². The van der Waals surface area contributed by atoms with E-state index < -0.39 is 5.97 Å². The number of imidazole rings is 1. The van der Waals surface area contributed by atoms with E-state index in [1.54, 1.807) is 17.6 Å². The van der Waals surface area contributed by atoms with Crippen LogP contribution in [0.15, 0.2) is 24.4 Å². The predicted molar refractivity (Wildman–Crippen MR) is 69.8 cm³/mol. The van der Waals surface area contributed by atoms with E-state index >= 15 is 0 Å². The summed E-state index contributed by atoms with van der Waals surface area (Å²) in [6.45, 7) is 0. The number of carbonyl (C=O) groups is 1. The highest BCUT2D eigenvalue weighted by atomic mass is 16.5. The van der Waals surface area contributed by atoms with E-state index in [1.807, 2.05) is 12.1 Å². The molecule has 0 aliphatic carbocycles. The van der Waals surface area contributed by atoms with Crippen LogP contribution < -0.4 is 0 Å². The predicted octanol–water partition coefficient (Wildman–Crippen LogP) is 0.476. The fraction of sp³-hybridized carbons (Fsp3) is 0.250. The van der Waals surface area contributed by atoms with Crippen LogP contribution in [0, 0.1) is 0 Å². The molecule has 0 amide bonds. The molecule has 0 spiro atoms. The second-order valence-corrected chi connectivity index (χ2v) is 4.39. The number of H-pyrrole nitrogens is 1. The van der Waals surface area contributed by atoms with Crippen molar-refractivity contribution in [3.8, 4) is 0 Å². The van der Waals surface area contributed by atoms with Crippen LogP contribution in [0.1, 0.15) is 28.1 Å². The summed E-state index contributed by atoms with van der Waals surface area (Å²) in [7, 11) is 1.56. The zero-order chi connectivity index (χ0) is 14.8. The van der Waals surface area contributed by atoms with E-state index in [4.69, 9.17) is 9.84 Å². The number of hydrogen-bond donors (Lipinski definition) is 2. The van der Waals surface area contributed by atoms with E-state index in [2.05, 4.69) is 25.6 Å². The van der Waals surface area contributed by atoms with Crippen LogP contribution in [-0.4, -0.2) is 48.2 Å². The van der Waals surface area contributed by atoms with Crippen molar-refractivity contribution in [3.63, 3.8) is 0 Å². The van der Waals surface area contributed by atoms with Gasteiger partial charge in [0.25, 0.3) is 0 Å². The molecule has 1 atom stereocenters. The number of methoxy groups -OCH3 is 1. The molecule has 0 saturated carbocycles. The van der Waals surface area contributed by atoms with Crippen LogP contribution >= 0.6 is 0 Å². The molecule has 3 heterocycles. The summed E-state index contributed by atoms with van der Waals surface area (Å²) in [6.07, 6.45) is 1.60. The fourth-order valence-corrected chi connectivity index (χ4v) is 2.12. The summed E-state index contributed by atoms with van der Waals surface area (Å²) in [5.74, 6) is -0.555. The van der Waals surface area contributed by atoms with Gasteiger partial charge >= 0.3 is 5.97 Å². The van der Waals surface area contributed by atoms with E-state index in [0.717, 1.165) is 5.69 Å². The van der Waals surface area contributed by atoms with Crippen molar-refractivity contribution in [3.05, 3.63) is 41.6 Å². The molecular formula is C12H12N6O3. The molecule has 3 aromatic rings. The number of aromatic nitrogens is 6. The van der Waals surface area contributed by atoms with Gasteiger partial charge in [0.1, 0.15) is 11.8 Å². The van der Waals surface area contributed by atoms with Gasteiger partial charge in [-0.2, -0.15) is 0 Å². The minimum atomic E-state index is -1.06. The first-order chi connectivity index (χ1) is 10.2. The van der Waals surface area contributed by atoms with Gasteiger partial charge in [-0.1, -0.05) is 6.07 Å². The fourth-order valence-electron chi connectivity index (χ4n) is 2.12. The summed E-state index contributed by atoms with van der Waals surface area (Å²) in [6, 6.07) is 5.43.